The minimum atomic E-state index is -3.45. The molecule has 1 fully saturated rings. The van der Waals surface area contributed by atoms with Crippen molar-refractivity contribution in [3.63, 3.8) is 0 Å². The van der Waals surface area contributed by atoms with E-state index in [2.05, 4.69) is 9.79 Å². The van der Waals surface area contributed by atoms with E-state index >= 15 is 0 Å². The van der Waals surface area contributed by atoms with Crippen LogP contribution in [0, 0.1) is 6.92 Å². The Labute approximate surface area is 127 Å². The predicted molar refractivity (Wildman–Crippen MR) is 83.2 cm³/mol. The van der Waals surface area contributed by atoms with Crippen molar-refractivity contribution >= 4 is 10.0 Å². The summed E-state index contributed by atoms with van der Waals surface area (Å²) in [5.41, 5.74) is 1.82. The molecule has 5 nitrogen and oxygen atoms in total. The van der Waals surface area contributed by atoms with Gasteiger partial charge in [-0.25, -0.2) is 8.42 Å². The molecule has 1 aromatic carbocycles. The average Bonchev–Trinajstić information content (AvgIpc) is 2.44. The van der Waals surface area contributed by atoms with Gasteiger partial charge < -0.3 is 4.90 Å². The first-order valence-electron chi connectivity index (χ1n) is 7.44. The lowest BCUT2D eigenvalue weighted by molar-refractivity contribution is 0.0655. The Morgan fingerprint density at radius 1 is 1.24 bits per heavy atom. The van der Waals surface area contributed by atoms with Gasteiger partial charge in [-0.1, -0.05) is 41.1 Å². The van der Waals surface area contributed by atoms with E-state index < -0.39 is 10.0 Å². The van der Waals surface area contributed by atoms with Crippen molar-refractivity contribution in [2.45, 2.75) is 31.9 Å². The lowest BCUT2D eigenvalue weighted by atomic mass is 10.1. The summed E-state index contributed by atoms with van der Waals surface area (Å²) in [6, 6.07) is 7.48. The van der Waals surface area contributed by atoms with E-state index in [1.54, 1.807) is 6.07 Å². The summed E-state index contributed by atoms with van der Waals surface area (Å²) in [7, 11) is -3.45. The van der Waals surface area contributed by atoms with Crippen LogP contribution in [-0.4, -0.2) is 39.6 Å². The molecule has 1 heterocycles. The third-order valence-electron chi connectivity index (χ3n) is 3.58. The van der Waals surface area contributed by atoms with Crippen LogP contribution in [0.15, 0.2) is 24.3 Å². The average molecular weight is 312 g/mol. The highest BCUT2D eigenvalue weighted by Crippen LogP contribution is 2.09. The number of likely N-dealkylation sites (tertiary alicyclic amines) is 1. The van der Waals surface area contributed by atoms with E-state index in [4.69, 9.17) is 4.84 Å². The number of benzene rings is 1. The van der Waals surface area contributed by atoms with Gasteiger partial charge in [-0.15, -0.1) is 0 Å². The molecule has 0 bridgehead atoms. The monoisotopic (exact) mass is 312 g/mol. The van der Waals surface area contributed by atoms with Gasteiger partial charge in [0, 0.05) is 6.54 Å². The Morgan fingerprint density at radius 2 is 2.00 bits per heavy atom. The highest BCUT2D eigenvalue weighted by atomic mass is 32.2. The highest BCUT2D eigenvalue weighted by molar-refractivity contribution is 7.88. The lowest BCUT2D eigenvalue weighted by Crippen LogP contribution is -2.35. The SMILES string of the molecule is Cc1cccc(CS(=O)(=O)NOCCN2CCCCC2)c1. The van der Waals surface area contributed by atoms with Crippen molar-refractivity contribution in [3.05, 3.63) is 35.4 Å². The second-order valence-corrected chi connectivity index (χ2v) is 7.27. The number of hydrogen-bond donors (Lipinski definition) is 1. The van der Waals surface area contributed by atoms with Crippen molar-refractivity contribution in [1.29, 1.82) is 0 Å². The van der Waals surface area contributed by atoms with Crippen LogP contribution >= 0.6 is 0 Å². The fourth-order valence-corrected chi connectivity index (χ4v) is 3.48. The van der Waals surface area contributed by atoms with E-state index in [-0.39, 0.29) is 5.75 Å². The number of nitrogens with one attached hydrogen (secondary N) is 1. The molecule has 0 aliphatic carbocycles. The van der Waals surface area contributed by atoms with Gasteiger partial charge in [0.1, 0.15) is 0 Å². The normalized spacial score (nSPS) is 17.0. The van der Waals surface area contributed by atoms with E-state index in [1.807, 2.05) is 25.1 Å². The van der Waals surface area contributed by atoms with Gasteiger partial charge >= 0.3 is 0 Å². The van der Waals surface area contributed by atoms with Crippen molar-refractivity contribution in [1.82, 2.24) is 9.79 Å². The van der Waals surface area contributed by atoms with Gasteiger partial charge in [-0.2, -0.15) is 0 Å². The summed E-state index contributed by atoms with van der Waals surface area (Å²) in [6.07, 6.45) is 3.73. The zero-order valence-electron chi connectivity index (χ0n) is 12.5. The zero-order valence-corrected chi connectivity index (χ0v) is 13.4. The first-order valence-corrected chi connectivity index (χ1v) is 9.09. The molecule has 6 heteroatoms. The molecule has 1 aromatic rings. The summed E-state index contributed by atoms with van der Waals surface area (Å²) in [5, 5.41) is 0. The minimum absolute atomic E-state index is 0.0571. The van der Waals surface area contributed by atoms with Crippen LogP contribution in [0.3, 0.4) is 0 Å². The maximum Gasteiger partial charge on any atom is 0.237 e. The minimum Gasteiger partial charge on any atom is -0.301 e. The molecule has 2 rings (SSSR count). The number of rotatable bonds is 7. The zero-order chi connectivity index (χ0) is 15.1. The van der Waals surface area contributed by atoms with Crippen molar-refractivity contribution < 1.29 is 13.3 Å². The maximum absolute atomic E-state index is 11.9. The molecule has 1 saturated heterocycles. The molecule has 0 spiro atoms. The molecule has 0 amide bonds. The van der Waals surface area contributed by atoms with Crippen LogP contribution in [0.4, 0.5) is 0 Å². The molecule has 1 aliphatic heterocycles. The second kappa shape index (κ2) is 7.89. The molecule has 1 aliphatic rings. The van der Waals surface area contributed by atoms with Crippen molar-refractivity contribution in [2.24, 2.45) is 0 Å². The van der Waals surface area contributed by atoms with Crippen LogP contribution in [0.1, 0.15) is 30.4 Å². The molecule has 0 atom stereocenters. The van der Waals surface area contributed by atoms with Gasteiger partial charge in [0.05, 0.1) is 12.4 Å². The predicted octanol–water partition coefficient (Wildman–Crippen LogP) is 1.83. The number of sulfonamides is 1. The van der Waals surface area contributed by atoms with Gasteiger partial charge in [0.15, 0.2) is 0 Å². The molecule has 0 saturated carbocycles. The van der Waals surface area contributed by atoms with E-state index in [0.717, 1.165) is 30.8 Å². The summed E-state index contributed by atoms with van der Waals surface area (Å²) in [6.45, 7) is 5.26. The number of nitrogens with zero attached hydrogens (tertiary/aromatic N) is 1. The van der Waals surface area contributed by atoms with Crippen LogP contribution in [0.5, 0.6) is 0 Å². The molecule has 21 heavy (non-hydrogen) atoms. The first-order chi connectivity index (χ1) is 10.1. The van der Waals surface area contributed by atoms with E-state index in [9.17, 15) is 8.42 Å². The first kappa shape index (κ1) is 16.4. The lowest BCUT2D eigenvalue weighted by Gasteiger charge is -2.25. The standard InChI is InChI=1S/C15H24N2O3S/c1-14-6-5-7-15(12-14)13-21(18,19)16-20-11-10-17-8-3-2-4-9-17/h5-7,12,16H,2-4,8-11,13H2,1H3. The topological polar surface area (TPSA) is 58.6 Å². The third kappa shape index (κ3) is 6.13. The number of hydrogen-bond acceptors (Lipinski definition) is 4. The van der Waals surface area contributed by atoms with Gasteiger partial charge in [0.2, 0.25) is 10.0 Å². The summed E-state index contributed by atoms with van der Waals surface area (Å²) < 4.78 is 23.8. The molecule has 0 aromatic heterocycles. The Morgan fingerprint density at radius 3 is 2.71 bits per heavy atom. The fraction of sp³-hybridized carbons (Fsp3) is 0.600. The molecule has 118 valence electrons. The summed E-state index contributed by atoms with van der Waals surface area (Å²) >= 11 is 0. The summed E-state index contributed by atoms with van der Waals surface area (Å²) in [4.78, 5) is 9.64. The van der Waals surface area contributed by atoms with Gasteiger partial charge in [-0.3, -0.25) is 4.84 Å². The fourth-order valence-electron chi connectivity index (χ4n) is 2.54. The number of aryl methyl sites for hydroxylation is 1. The molecule has 1 N–H and O–H groups in total. The van der Waals surface area contributed by atoms with Crippen LogP contribution in [-0.2, 0) is 20.6 Å². The Bertz CT molecular complexity index is 540. The quantitative estimate of drug-likeness (QED) is 0.616. The van der Waals surface area contributed by atoms with Crippen LogP contribution < -0.4 is 4.89 Å². The molecular weight excluding hydrogens is 288 g/mol. The Hall–Kier alpha value is -0.950. The second-order valence-electron chi connectivity index (χ2n) is 5.58. The summed E-state index contributed by atoms with van der Waals surface area (Å²) in [5.74, 6) is -0.0571. The third-order valence-corrected chi connectivity index (χ3v) is 4.67. The van der Waals surface area contributed by atoms with Gasteiger partial charge in [0.25, 0.3) is 0 Å². The van der Waals surface area contributed by atoms with Gasteiger partial charge in [-0.05, 0) is 38.4 Å². The van der Waals surface area contributed by atoms with Crippen molar-refractivity contribution in [2.75, 3.05) is 26.2 Å². The van der Waals surface area contributed by atoms with Crippen LogP contribution in [0.2, 0.25) is 0 Å². The highest BCUT2D eigenvalue weighted by Gasteiger charge is 2.13. The Kier molecular flexibility index (Phi) is 6.17. The smallest absolute Gasteiger partial charge is 0.237 e. The van der Waals surface area contributed by atoms with E-state index in [0.29, 0.717) is 6.61 Å². The molecular formula is C15H24N2O3S. The largest absolute Gasteiger partial charge is 0.301 e. The Balaban J connectivity index is 1.71. The van der Waals surface area contributed by atoms with Crippen LogP contribution in [0.25, 0.3) is 0 Å². The van der Waals surface area contributed by atoms with E-state index in [1.165, 1.54) is 19.3 Å². The number of piperidine rings is 1. The molecule has 0 radical (unpaired) electrons. The van der Waals surface area contributed by atoms with Crippen molar-refractivity contribution in [3.8, 4) is 0 Å². The molecule has 0 unspecified atom stereocenters. The maximum atomic E-state index is 11.9.